The minimum absolute atomic E-state index is 0.0363. The molecule has 0 bridgehead atoms. The highest BCUT2D eigenvalue weighted by Crippen LogP contribution is 2.05. The molecule has 3 heteroatoms. The van der Waals surface area contributed by atoms with E-state index in [-0.39, 0.29) is 13.2 Å². The minimum atomic E-state index is -0.406. The van der Waals surface area contributed by atoms with E-state index in [0.717, 1.165) is 12.8 Å². The summed E-state index contributed by atoms with van der Waals surface area (Å²) in [5, 5.41) is 0. The fourth-order valence-electron chi connectivity index (χ4n) is 1.46. The number of esters is 1. The van der Waals surface area contributed by atoms with Crippen molar-refractivity contribution in [1.82, 2.24) is 0 Å². The van der Waals surface area contributed by atoms with Gasteiger partial charge in [0.25, 0.3) is 0 Å². The van der Waals surface area contributed by atoms with Gasteiger partial charge in [-0.2, -0.15) is 0 Å². The molecule has 106 valence electrons. The Morgan fingerprint density at radius 1 is 1.00 bits per heavy atom. The van der Waals surface area contributed by atoms with Gasteiger partial charge in [0.05, 0.1) is 0 Å². The van der Waals surface area contributed by atoms with Crippen LogP contribution in [0.1, 0.15) is 51.9 Å². The Labute approximate surface area is 117 Å². The number of unbranched alkanes of at least 4 members (excludes halogenated alkanes) is 6. The average Bonchev–Trinajstić information content (AvgIpc) is 2.40. The summed E-state index contributed by atoms with van der Waals surface area (Å²) < 4.78 is 9.37. The van der Waals surface area contributed by atoms with Gasteiger partial charge in [0, 0.05) is 13.5 Å². The van der Waals surface area contributed by atoms with Crippen LogP contribution >= 0.6 is 0 Å². The molecule has 0 unspecified atom stereocenters. The van der Waals surface area contributed by atoms with Crippen LogP contribution in [0.25, 0.3) is 0 Å². The van der Waals surface area contributed by atoms with Crippen LogP contribution in [0.3, 0.4) is 0 Å². The number of ether oxygens (including phenoxy) is 2. The normalized spacial score (nSPS) is 8.95. The fraction of sp³-hybridized carbons (Fsp3) is 0.688. The van der Waals surface area contributed by atoms with E-state index in [0.29, 0.717) is 0 Å². The van der Waals surface area contributed by atoms with Crippen LogP contribution in [0, 0.1) is 23.7 Å². The number of hydrogen-bond acceptors (Lipinski definition) is 3. The smallest absolute Gasteiger partial charge is 0.333 e. The summed E-state index contributed by atoms with van der Waals surface area (Å²) >= 11 is 0. The van der Waals surface area contributed by atoms with Crippen molar-refractivity contribution in [2.75, 3.05) is 20.3 Å². The van der Waals surface area contributed by atoms with Crippen LogP contribution < -0.4 is 0 Å². The molecule has 0 aliphatic carbocycles. The van der Waals surface area contributed by atoms with Gasteiger partial charge in [0.15, 0.2) is 6.61 Å². The third-order valence-corrected chi connectivity index (χ3v) is 2.46. The lowest BCUT2D eigenvalue weighted by Crippen LogP contribution is -2.10. The predicted molar refractivity (Wildman–Crippen MR) is 76.4 cm³/mol. The Kier molecular flexibility index (Phi) is 13.5. The second-order valence-corrected chi connectivity index (χ2v) is 4.22. The van der Waals surface area contributed by atoms with E-state index in [1.54, 1.807) is 0 Å². The number of hydrogen-bond donors (Lipinski definition) is 0. The van der Waals surface area contributed by atoms with Gasteiger partial charge in [-0.15, -0.1) is 0 Å². The molecule has 0 aliphatic rings. The molecule has 0 atom stereocenters. The Hall–Kier alpha value is -1.45. The van der Waals surface area contributed by atoms with Crippen molar-refractivity contribution in [3.8, 4) is 23.7 Å². The third kappa shape index (κ3) is 14.5. The number of carbonyl (C=O) groups is 1. The molecule has 0 saturated carbocycles. The summed E-state index contributed by atoms with van der Waals surface area (Å²) in [7, 11) is 1.45. The fourth-order valence-corrected chi connectivity index (χ4v) is 1.46. The minimum Gasteiger partial charge on any atom is -0.451 e. The van der Waals surface area contributed by atoms with E-state index >= 15 is 0 Å². The van der Waals surface area contributed by atoms with Gasteiger partial charge in [0.1, 0.15) is 6.61 Å². The maximum absolute atomic E-state index is 10.9. The molecule has 0 spiro atoms. The number of carbonyl (C=O) groups excluding carboxylic acids is 1. The first kappa shape index (κ1) is 17.6. The molecular weight excluding hydrogens is 240 g/mol. The Bertz CT molecular complexity index is 338. The molecule has 0 rings (SSSR count). The summed E-state index contributed by atoms with van der Waals surface area (Å²) in [5.41, 5.74) is 0. The van der Waals surface area contributed by atoms with Gasteiger partial charge in [-0.1, -0.05) is 44.9 Å². The largest absolute Gasteiger partial charge is 0.451 e. The van der Waals surface area contributed by atoms with Gasteiger partial charge in [-0.05, 0) is 24.2 Å². The zero-order valence-corrected chi connectivity index (χ0v) is 12.1. The van der Waals surface area contributed by atoms with Gasteiger partial charge < -0.3 is 9.47 Å². The Morgan fingerprint density at radius 2 is 1.68 bits per heavy atom. The molecule has 19 heavy (non-hydrogen) atoms. The monoisotopic (exact) mass is 264 g/mol. The molecule has 0 aliphatic heterocycles. The Morgan fingerprint density at radius 3 is 2.42 bits per heavy atom. The molecule has 0 aromatic rings. The van der Waals surface area contributed by atoms with E-state index in [2.05, 4.69) is 35.3 Å². The second-order valence-electron chi connectivity index (χ2n) is 4.22. The molecule has 0 radical (unpaired) electrons. The van der Waals surface area contributed by atoms with Gasteiger partial charge >= 0.3 is 5.97 Å². The summed E-state index contributed by atoms with van der Waals surface area (Å²) in [5.74, 6) is 10.7. The SMILES string of the molecule is CCCCCCCCC#CC#CCOC(=O)COC. The van der Waals surface area contributed by atoms with Gasteiger partial charge in [-0.3, -0.25) is 0 Å². The maximum Gasteiger partial charge on any atom is 0.333 e. The zero-order chi connectivity index (χ0) is 14.2. The second kappa shape index (κ2) is 14.6. The standard InChI is InChI=1S/C16H24O3/c1-3-4-5-6-7-8-9-10-11-12-13-14-19-16(17)15-18-2/h3-9,14-15H2,1-2H3. The van der Waals surface area contributed by atoms with Crippen LogP contribution in [-0.4, -0.2) is 26.3 Å². The summed E-state index contributed by atoms with van der Waals surface area (Å²) in [6.45, 7) is 2.26. The summed E-state index contributed by atoms with van der Waals surface area (Å²) in [6.07, 6.45) is 8.53. The van der Waals surface area contributed by atoms with Crippen molar-refractivity contribution in [3.63, 3.8) is 0 Å². The Balaban J connectivity index is 3.41. The van der Waals surface area contributed by atoms with E-state index in [1.807, 2.05) is 0 Å². The highest BCUT2D eigenvalue weighted by atomic mass is 16.6. The van der Waals surface area contributed by atoms with Crippen molar-refractivity contribution in [2.45, 2.75) is 51.9 Å². The highest BCUT2D eigenvalue weighted by Gasteiger charge is 1.97. The molecule has 0 aromatic carbocycles. The molecule has 3 nitrogen and oxygen atoms in total. The molecule has 0 fully saturated rings. The van der Waals surface area contributed by atoms with Crippen molar-refractivity contribution >= 4 is 5.97 Å². The van der Waals surface area contributed by atoms with Crippen LogP contribution in [0.2, 0.25) is 0 Å². The zero-order valence-electron chi connectivity index (χ0n) is 12.1. The van der Waals surface area contributed by atoms with Gasteiger partial charge in [-0.25, -0.2) is 4.79 Å². The van der Waals surface area contributed by atoms with E-state index in [1.165, 1.54) is 39.2 Å². The third-order valence-electron chi connectivity index (χ3n) is 2.46. The van der Waals surface area contributed by atoms with Gasteiger partial charge in [0.2, 0.25) is 0 Å². The van der Waals surface area contributed by atoms with Crippen molar-refractivity contribution in [1.29, 1.82) is 0 Å². The first-order chi connectivity index (χ1) is 9.31. The molecule has 0 heterocycles. The van der Waals surface area contributed by atoms with Crippen LogP contribution in [0.5, 0.6) is 0 Å². The predicted octanol–water partition coefficient (Wildman–Crippen LogP) is 2.93. The average molecular weight is 264 g/mol. The van der Waals surface area contributed by atoms with Crippen molar-refractivity contribution in [3.05, 3.63) is 0 Å². The summed E-state index contributed by atoms with van der Waals surface area (Å²) in [4.78, 5) is 10.9. The number of methoxy groups -OCH3 is 1. The first-order valence-corrected chi connectivity index (χ1v) is 6.91. The van der Waals surface area contributed by atoms with E-state index in [4.69, 9.17) is 4.74 Å². The van der Waals surface area contributed by atoms with E-state index in [9.17, 15) is 4.79 Å². The lowest BCUT2D eigenvalue weighted by atomic mass is 10.1. The molecule has 0 saturated heterocycles. The first-order valence-electron chi connectivity index (χ1n) is 6.91. The quantitative estimate of drug-likeness (QED) is 0.365. The molecule has 0 N–H and O–H groups in total. The summed E-state index contributed by atoms with van der Waals surface area (Å²) in [6, 6.07) is 0. The molecule has 0 amide bonds. The van der Waals surface area contributed by atoms with Crippen molar-refractivity contribution in [2.24, 2.45) is 0 Å². The van der Waals surface area contributed by atoms with Crippen LogP contribution in [0.15, 0.2) is 0 Å². The highest BCUT2D eigenvalue weighted by molar-refractivity contribution is 5.70. The van der Waals surface area contributed by atoms with E-state index < -0.39 is 5.97 Å². The van der Waals surface area contributed by atoms with Crippen LogP contribution in [0.4, 0.5) is 0 Å². The van der Waals surface area contributed by atoms with Crippen molar-refractivity contribution < 1.29 is 14.3 Å². The molecule has 0 aromatic heterocycles. The number of rotatable bonds is 9. The lowest BCUT2D eigenvalue weighted by Gasteiger charge is -1.97. The topological polar surface area (TPSA) is 35.5 Å². The lowest BCUT2D eigenvalue weighted by molar-refractivity contribution is -0.146. The van der Waals surface area contributed by atoms with Crippen LogP contribution in [-0.2, 0) is 14.3 Å². The maximum atomic E-state index is 10.9. The molecular formula is C16H24O3.